The van der Waals surface area contributed by atoms with E-state index in [1.54, 1.807) is 36.4 Å². The molecule has 1 aliphatic rings. The number of morpholine rings is 1. The summed E-state index contributed by atoms with van der Waals surface area (Å²) in [5.41, 5.74) is 4.42. The fourth-order valence-corrected chi connectivity index (χ4v) is 5.49. The average molecular weight is 574 g/mol. The molecule has 1 aliphatic heterocycles. The number of nitrogens with one attached hydrogen (secondary N) is 2. The zero-order valence-electron chi connectivity index (χ0n) is 22.6. The topological polar surface area (TPSA) is 88.0 Å². The van der Waals surface area contributed by atoms with E-state index in [4.69, 9.17) is 9.73 Å². The first-order valence-electron chi connectivity index (χ1n) is 13.6. The van der Waals surface area contributed by atoms with Gasteiger partial charge in [0.25, 0.3) is 5.91 Å². The first-order valence-corrected chi connectivity index (χ1v) is 14.5. The molecule has 2 heterocycles. The van der Waals surface area contributed by atoms with Crippen LogP contribution in [0.5, 0.6) is 0 Å². The minimum absolute atomic E-state index is 0.0921. The van der Waals surface area contributed by atoms with Crippen LogP contribution in [0.2, 0.25) is 0 Å². The Kier molecular flexibility index (Phi) is 9.56. The normalized spacial score (nSPS) is 13.7. The van der Waals surface area contributed by atoms with E-state index >= 15 is 0 Å². The Morgan fingerprint density at radius 3 is 2.39 bits per heavy atom. The Balaban J connectivity index is 1.25. The van der Waals surface area contributed by atoms with E-state index in [9.17, 15) is 14.0 Å². The number of nitrogens with zero attached hydrogens (tertiary/aromatic N) is 3. The summed E-state index contributed by atoms with van der Waals surface area (Å²) in [4.78, 5) is 32.4. The van der Waals surface area contributed by atoms with Crippen molar-refractivity contribution in [2.45, 2.75) is 13.0 Å². The predicted molar refractivity (Wildman–Crippen MR) is 159 cm³/mol. The number of benzene rings is 3. The second kappa shape index (κ2) is 13.9. The lowest BCUT2D eigenvalue weighted by Gasteiger charge is -2.28. The molecule has 41 heavy (non-hydrogen) atoms. The maximum absolute atomic E-state index is 13.4. The molecule has 0 unspecified atom stereocenters. The minimum atomic E-state index is -0.306. The van der Waals surface area contributed by atoms with Gasteiger partial charge in [-0.25, -0.2) is 9.38 Å². The summed E-state index contributed by atoms with van der Waals surface area (Å²) in [5, 5.41) is 7.60. The van der Waals surface area contributed by atoms with Crippen molar-refractivity contribution in [3.8, 4) is 11.3 Å². The minimum Gasteiger partial charge on any atom is -0.378 e. The van der Waals surface area contributed by atoms with Crippen molar-refractivity contribution >= 4 is 34.5 Å². The van der Waals surface area contributed by atoms with Crippen molar-refractivity contribution in [1.82, 2.24) is 15.2 Å². The molecule has 3 aromatic carbocycles. The van der Waals surface area contributed by atoms with E-state index in [1.165, 1.54) is 23.5 Å². The van der Waals surface area contributed by atoms with Crippen LogP contribution in [0.1, 0.15) is 16.8 Å². The number of ether oxygens (including phenoxy) is 1. The molecule has 1 aromatic heterocycles. The van der Waals surface area contributed by atoms with Gasteiger partial charge in [-0.2, -0.15) is 0 Å². The summed E-state index contributed by atoms with van der Waals surface area (Å²) >= 11 is 1.52. The van der Waals surface area contributed by atoms with Gasteiger partial charge in [0.15, 0.2) is 4.80 Å². The van der Waals surface area contributed by atoms with Crippen LogP contribution in [0.25, 0.3) is 11.3 Å². The number of rotatable bonds is 10. The number of hydrogen-bond acceptors (Lipinski definition) is 6. The van der Waals surface area contributed by atoms with Crippen molar-refractivity contribution in [2.75, 3.05) is 44.3 Å². The number of carbonyl (C=O) groups excluding carboxylic acids is 2. The average Bonchev–Trinajstić information content (AvgIpc) is 3.42. The third kappa shape index (κ3) is 7.68. The van der Waals surface area contributed by atoms with Gasteiger partial charge in [-0.15, -0.1) is 11.3 Å². The number of aromatic nitrogens is 1. The number of amides is 2. The first kappa shape index (κ1) is 28.3. The Morgan fingerprint density at radius 1 is 0.927 bits per heavy atom. The second-order valence-electron chi connectivity index (χ2n) is 9.54. The van der Waals surface area contributed by atoms with Crippen molar-refractivity contribution in [3.05, 3.63) is 100 Å². The largest absolute Gasteiger partial charge is 0.378 e. The number of halogens is 1. The molecule has 1 fully saturated rings. The summed E-state index contributed by atoms with van der Waals surface area (Å²) in [6, 6.07) is 23.4. The molecule has 4 aromatic rings. The molecule has 2 amide bonds. The maximum atomic E-state index is 13.4. The Bertz CT molecular complexity index is 1510. The zero-order valence-corrected chi connectivity index (χ0v) is 23.4. The van der Waals surface area contributed by atoms with Gasteiger partial charge >= 0.3 is 0 Å². The van der Waals surface area contributed by atoms with E-state index in [2.05, 4.69) is 49.7 Å². The highest BCUT2D eigenvalue weighted by Crippen LogP contribution is 2.25. The lowest BCUT2D eigenvalue weighted by atomic mass is 10.1. The van der Waals surface area contributed by atoms with Gasteiger partial charge < -0.3 is 24.8 Å². The van der Waals surface area contributed by atoms with Crippen molar-refractivity contribution in [2.24, 2.45) is 4.99 Å². The summed E-state index contributed by atoms with van der Waals surface area (Å²) < 4.78 is 21.0. The lowest BCUT2D eigenvalue weighted by Crippen LogP contribution is -2.37. The van der Waals surface area contributed by atoms with Gasteiger partial charge in [-0.3, -0.25) is 9.59 Å². The molecule has 0 bridgehead atoms. The van der Waals surface area contributed by atoms with Crippen LogP contribution >= 0.6 is 11.3 Å². The molecule has 1 saturated heterocycles. The molecule has 0 spiro atoms. The van der Waals surface area contributed by atoms with Crippen LogP contribution < -0.4 is 20.3 Å². The number of thiazole rings is 1. The van der Waals surface area contributed by atoms with Crippen LogP contribution in [0.3, 0.4) is 0 Å². The molecule has 0 saturated carbocycles. The fourth-order valence-electron chi connectivity index (χ4n) is 4.54. The van der Waals surface area contributed by atoms with E-state index in [-0.39, 0.29) is 24.2 Å². The van der Waals surface area contributed by atoms with Gasteiger partial charge in [0.05, 0.1) is 31.1 Å². The lowest BCUT2D eigenvalue weighted by molar-refractivity contribution is -0.120. The molecule has 0 atom stereocenters. The Morgan fingerprint density at radius 2 is 1.66 bits per heavy atom. The SMILES string of the molecule is O=C(CNC(=O)c1ccccc1)NCCCn1c(-c2ccc(N3CCOCC3)cc2)csc1=Nc1ccc(F)cc1. The molecular formula is C31H32FN5O3S. The second-order valence-corrected chi connectivity index (χ2v) is 10.4. The van der Waals surface area contributed by atoms with E-state index < -0.39 is 0 Å². The van der Waals surface area contributed by atoms with Gasteiger partial charge in [0, 0.05) is 42.8 Å². The highest BCUT2D eigenvalue weighted by molar-refractivity contribution is 7.07. The number of carbonyl (C=O) groups is 2. The maximum Gasteiger partial charge on any atom is 0.251 e. The van der Waals surface area contributed by atoms with Crippen LogP contribution in [-0.2, 0) is 16.1 Å². The summed E-state index contributed by atoms with van der Waals surface area (Å²) in [7, 11) is 0. The van der Waals surface area contributed by atoms with Crippen molar-refractivity contribution in [3.63, 3.8) is 0 Å². The third-order valence-electron chi connectivity index (χ3n) is 6.71. The van der Waals surface area contributed by atoms with Gasteiger partial charge in [0.1, 0.15) is 5.82 Å². The van der Waals surface area contributed by atoms with Crippen LogP contribution in [0.15, 0.2) is 89.2 Å². The molecule has 212 valence electrons. The molecule has 5 rings (SSSR count). The van der Waals surface area contributed by atoms with Crippen LogP contribution in [-0.4, -0.2) is 55.8 Å². The summed E-state index contributed by atoms with van der Waals surface area (Å²) in [5.74, 6) is -0.842. The summed E-state index contributed by atoms with van der Waals surface area (Å²) in [6.07, 6.45) is 0.657. The Hall–Kier alpha value is -4.28. The summed E-state index contributed by atoms with van der Waals surface area (Å²) in [6.45, 7) is 4.17. The number of hydrogen-bond donors (Lipinski definition) is 2. The predicted octanol–water partition coefficient (Wildman–Crippen LogP) is 4.36. The van der Waals surface area contributed by atoms with Crippen LogP contribution in [0, 0.1) is 5.82 Å². The molecule has 0 radical (unpaired) electrons. The number of anilines is 1. The third-order valence-corrected chi connectivity index (χ3v) is 7.58. The highest BCUT2D eigenvalue weighted by atomic mass is 32.1. The van der Waals surface area contributed by atoms with Crippen molar-refractivity contribution in [1.29, 1.82) is 0 Å². The van der Waals surface area contributed by atoms with E-state index in [0.717, 1.165) is 48.0 Å². The van der Waals surface area contributed by atoms with Crippen LogP contribution in [0.4, 0.5) is 15.8 Å². The first-order chi connectivity index (χ1) is 20.1. The monoisotopic (exact) mass is 573 g/mol. The van der Waals surface area contributed by atoms with Gasteiger partial charge in [0.2, 0.25) is 5.91 Å². The Labute approximate surface area is 242 Å². The highest BCUT2D eigenvalue weighted by Gasteiger charge is 2.13. The molecule has 2 N–H and O–H groups in total. The van der Waals surface area contributed by atoms with E-state index in [1.807, 2.05) is 6.07 Å². The van der Waals surface area contributed by atoms with Crippen molar-refractivity contribution < 1.29 is 18.7 Å². The van der Waals surface area contributed by atoms with Gasteiger partial charge in [-0.1, -0.05) is 30.3 Å². The molecule has 8 nitrogen and oxygen atoms in total. The molecule has 0 aliphatic carbocycles. The fraction of sp³-hybridized carbons (Fsp3) is 0.258. The standard InChI is InChI=1S/C31H32FN5O3S/c32-25-9-11-26(12-10-25)35-31-37(16-4-15-33-29(38)21-34-30(39)24-5-2-1-3-6-24)28(22-41-31)23-7-13-27(14-8-23)36-17-19-40-20-18-36/h1-3,5-14,22H,4,15-21H2,(H,33,38)(H,34,39). The zero-order chi connectivity index (χ0) is 28.4. The molecule has 10 heteroatoms. The van der Waals surface area contributed by atoms with E-state index in [0.29, 0.717) is 30.8 Å². The smallest absolute Gasteiger partial charge is 0.251 e. The quantitative estimate of drug-likeness (QED) is 0.276. The van der Waals surface area contributed by atoms with Gasteiger partial charge in [-0.05, 0) is 60.5 Å². The molecular weight excluding hydrogens is 541 g/mol.